The van der Waals surface area contributed by atoms with Crippen LogP contribution in [0.15, 0.2) is 18.3 Å². The molecule has 3 N–H and O–H groups in total. The topological polar surface area (TPSA) is 80.9 Å². The molecule has 0 bridgehead atoms. The van der Waals surface area contributed by atoms with Crippen LogP contribution in [0.5, 0.6) is 0 Å². The molecule has 2 heterocycles. The highest BCUT2D eigenvalue weighted by atomic mass is 32.1. The Morgan fingerprint density at radius 3 is 2.89 bits per heavy atom. The Kier molecular flexibility index (Phi) is 3.57. The van der Waals surface area contributed by atoms with Crippen LogP contribution in [0.3, 0.4) is 0 Å². The fourth-order valence-corrected chi connectivity index (χ4v) is 2.35. The maximum Gasteiger partial charge on any atom is 0.255 e. The molecule has 0 atom stereocenters. The van der Waals surface area contributed by atoms with Crippen LogP contribution < -0.4 is 11.1 Å². The van der Waals surface area contributed by atoms with Crippen molar-refractivity contribution in [3.63, 3.8) is 0 Å². The second-order valence-electron chi connectivity index (χ2n) is 3.87. The molecule has 0 aromatic carbocycles. The molecule has 1 amide bonds. The number of carbonyl (C=O) groups excluding carboxylic acids is 1. The first-order valence-corrected chi connectivity index (χ1v) is 6.31. The highest BCUT2D eigenvalue weighted by molar-refractivity contribution is 7.11. The summed E-state index contributed by atoms with van der Waals surface area (Å²) in [7, 11) is 0. The van der Waals surface area contributed by atoms with Crippen LogP contribution >= 0.6 is 11.3 Å². The van der Waals surface area contributed by atoms with E-state index in [1.165, 1.54) is 4.88 Å². The fraction of sp³-hybridized carbons (Fsp3) is 0.250. The molecule has 6 heteroatoms. The molecule has 0 radical (unpaired) electrons. The maximum absolute atomic E-state index is 11.9. The number of hydrogen-bond acceptors (Lipinski definition) is 5. The lowest BCUT2D eigenvalue weighted by atomic mass is 10.2. The lowest BCUT2D eigenvalue weighted by Gasteiger charge is -2.04. The van der Waals surface area contributed by atoms with Crippen molar-refractivity contribution in [2.45, 2.75) is 20.4 Å². The van der Waals surface area contributed by atoms with Gasteiger partial charge in [0, 0.05) is 11.1 Å². The number of thiazole rings is 1. The molecule has 5 nitrogen and oxygen atoms in total. The molecule has 0 fully saturated rings. The van der Waals surface area contributed by atoms with E-state index in [0.29, 0.717) is 12.1 Å². The van der Waals surface area contributed by atoms with Gasteiger partial charge in [-0.2, -0.15) is 0 Å². The van der Waals surface area contributed by atoms with E-state index in [1.807, 2.05) is 13.8 Å². The monoisotopic (exact) mass is 262 g/mol. The van der Waals surface area contributed by atoms with Gasteiger partial charge in [-0.3, -0.25) is 4.79 Å². The number of nitrogens with zero attached hydrogens (tertiary/aromatic N) is 2. The van der Waals surface area contributed by atoms with Crippen LogP contribution in [-0.2, 0) is 6.54 Å². The zero-order chi connectivity index (χ0) is 13.1. The minimum atomic E-state index is -0.230. The van der Waals surface area contributed by atoms with Crippen molar-refractivity contribution >= 4 is 23.1 Å². The summed E-state index contributed by atoms with van der Waals surface area (Å²) >= 11 is 1.58. The molecular formula is C12H14N4OS. The molecular weight excluding hydrogens is 248 g/mol. The van der Waals surface area contributed by atoms with Crippen LogP contribution in [0.4, 0.5) is 5.82 Å². The quantitative estimate of drug-likeness (QED) is 0.881. The fourth-order valence-electron chi connectivity index (χ4n) is 1.48. The SMILES string of the molecule is Cc1nc(CNC(=O)c2cccnc2N)sc1C. The third kappa shape index (κ3) is 2.65. The van der Waals surface area contributed by atoms with E-state index < -0.39 is 0 Å². The van der Waals surface area contributed by atoms with Crippen molar-refractivity contribution < 1.29 is 4.79 Å². The second-order valence-corrected chi connectivity index (χ2v) is 5.16. The molecule has 0 spiro atoms. The predicted molar refractivity (Wildman–Crippen MR) is 71.4 cm³/mol. The lowest BCUT2D eigenvalue weighted by molar-refractivity contribution is 0.0951. The average molecular weight is 262 g/mol. The molecule has 0 saturated carbocycles. The molecule has 94 valence electrons. The zero-order valence-electron chi connectivity index (χ0n) is 10.2. The summed E-state index contributed by atoms with van der Waals surface area (Å²) in [4.78, 5) is 21.3. The van der Waals surface area contributed by atoms with Crippen LogP contribution in [0.25, 0.3) is 0 Å². The van der Waals surface area contributed by atoms with Crippen LogP contribution in [-0.4, -0.2) is 15.9 Å². The Morgan fingerprint density at radius 1 is 1.50 bits per heavy atom. The van der Waals surface area contributed by atoms with Crippen molar-refractivity contribution in [2.24, 2.45) is 0 Å². The summed E-state index contributed by atoms with van der Waals surface area (Å²) in [6, 6.07) is 3.33. The summed E-state index contributed by atoms with van der Waals surface area (Å²) in [5, 5.41) is 3.68. The summed E-state index contributed by atoms with van der Waals surface area (Å²) in [6.07, 6.45) is 1.56. The first-order valence-electron chi connectivity index (χ1n) is 5.49. The third-order valence-corrected chi connectivity index (χ3v) is 3.63. The highest BCUT2D eigenvalue weighted by Crippen LogP contribution is 2.16. The first kappa shape index (κ1) is 12.5. The van der Waals surface area contributed by atoms with Gasteiger partial charge in [0.15, 0.2) is 0 Å². The van der Waals surface area contributed by atoms with Crippen LogP contribution in [0.2, 0.25) is 0 Å². The molecule has 2 aromatic heterocycles. The van der Waals surface area contributed by atoms with Gasteiger partial charge in [0.2, 0.25) is 0 Å². The van der Waals surface area contributed by atoms with Crippen LogP contribution in [0.1, 0.15) is 25.9 Å². The first-order chi connectivity index (χ1) is 8.58. The molecule has 2 rings (SSSR count). The summed E-state index contributed by atoms with van der Waals surface area (Å²) in [5.74, 6) is 0.00704. The summed E-state index contributed by atoms with van der Waals surface area (Å²) in [6.45, 7) is 4.38. The molecule has 0 unspecified atom stereocenters. The minimum Gasteiger partial charge on any atom is -0.383 e. The predicted octanol–water partition coefficient (Wildman–Crippen LogP) is 1.67. The molecule has 18 heavy (non-hydrogen) atoms. The number of nitrogen functional groups attached to an aromatic ring is 1. The molecule has 0 aliphatic heterocycles. The number of aryl methyl sites for hydroxylation is 2. The van der Waals surface area contributed by atoms with Crippen molar-refractivity contribution in [1.29, 1.82) is 0 Å². The Labute approximate surface area is 109 Å². The van der Waals surface area contributed by atoms with E-state index in [-0.39, 0.29) is 11.7 Å². The van der Waals surface area contributed by atoms with Gasteiger partial charge < -0.3 is 11.1 Å². The maximum atomic E-state index is 11.9. The van der Waals surface area contributed by atoms with Crippen molar-refractivity contribution in [2.75, 3.05) is 5.73 Å². The number of aromatic nitrogens is 2. The lowest BCUT2D eigenvalue weighted by Crippen LogP contribution is -2.24. The number of hydrogen-bond donors (Lipinski definition) is 2. The van der Waals surface area contributed by atoms with Gasteiger partial charge in [-0.15, -0.1) is 11.3 Å². The van der Waals surface area contributed by atoms with Crippen molar-refractivity contribution in [3.8, 4) is 0 Å². The summed E-state index contributed by atoms with van der Waals surface area (Å²) < 4.78 is 0. The van der Waals surface area contributed by atoms with E-state index in [0.717, 1.165) is 10.7 Å². The number of nitrogens with two attached hydrogens (primary N) is 1. The van der Waals surface area contributed by atoms with Gasteiger partial charge in [0.1, 0.15) is 10.8 Å². The Morgan fingerprint density at radius 2 is 2.28 bits per heavy atom. The largest absolute Gasteiger partial charge is 0.383 e. The number of rotatable bonds is 3. The van der Waals surface area contributed by atoms with E-state index in [1.54, 1.807) is 29.7 Å². The minimum absolute atomic E-state index is 0.230. The van der Waals surface area contributed by atoms with E-state index >= 15 is 0 Å². The highest BCUT2D eigenvalue weighted by Gasteiger charge is 2.10. The number of pyridine rings is 1. The number of carbonyl (C=O) groups is 1. The van der Waals surface area contributed by atoms with E-state index in [9.17, 15) is 4.79 Å². The average Bonchev–Trinajstić information content (AvgIpc) is 2.66. The Hall–Kier alpha value is -1.95. The molecule has 0 aliphatic rings. The smallest absolute Gasteiger partial charge is 0.255 e. The summed E-state index contributed by atoms with van der Waals surface area (Å²) in [5.41, 5.74) is 7.03. The molecule has 2 aromatic rings. The van der Waals surface area contributed by atoms with Crippen molar-refractivity contribution in [1.82, 2.24) is 15.3 Å². The third-order valence-electron chi connectivity index (χ3n) is 2.56. The van der Waals surface area contributed by atoms with Crippen molar-refractivity contribution in [3.05, 3.63) is 39.5 Å². The van der Waals surface area contributed by atoms with Gasteiger partial charge in [-0.05, 0) is 26.0 Å². The van der Waals surface area contributed by atoms with E-state index in [2.05, 4.69) is 15.3 Å². The number of anilines is 1. The van der Waals surface area contributed by atoms with Gasteiger partial charge in [0.05, 0.1) is 17.8 Å². The zero-order valence-corrected chi connectivity index (χ0v) is 11.0. The van der Waals surface area contributed by atoms with E-state index in [4.69, 9.17) is 5.73 Å². The van der Waals surface area contributed by atoms with Gasteiger partial charge in [-0.25, -0.2) is 9.97 Å². The van der Waals surface area contributed by atoms with Gasteiger partial charge in [-0.1, -0.05) is 0 Å². The second kappa shape index (κ2) is 5.14. The normalized spacial score (nSPS) is 10.3. The van der Waals surface area contributed by atoms with Gasteiger partial charge in [0.25, 0.3) is 5.91 Å². The Bertz CT molecular complexity index is 560. The van der Waals surface area contributed by atoms with Crippen LogP contribution in [0, 0.1) is 13.8 Å². The molecule has 0 aliphatic carbocycles. The number of amides is 1. The van der Waals surface area contributed by atoms with Gasteiger partial charge >= 0.3 is 0 Å². The Balaban J connectivity index is 2.03. The standard InChI is InChI=1S/C12H14N4OS/c1-7-8(2)18-10(16-7)6-15-12(17)9-4-3-5-14-11(9)13/h3-5H,6H2,1-2H3,(H2,13,14)(H,15,17). The molecule has 0 saturated heterocycles. The number of nitrogens with one attached hydrogen (secondary N) is 1.